The fraction of sp³-hybridized carbons (Fsp3) is 0.214. The Labute approximate surface area is 109 Å². The van der Waals surface area contributed by atoms with Crippen molar-refractivity contribution < 1.29 is 14.1 Å². The lowest BCUT2D eigenvalue weighted by Crippen LogP contribution is -2.29. The Kier molecular flexibility index (Phi) is 2.48. The number of hydrogen-bond donors (Lipinski definition) is 0. The van der Waals surface area contributed by atoms with Crippen LogP contribution in [0.2, 0.25) is 0 Å². The normalized spacial score (nSPS) is 14.1. The Bertz CT molecular complexity index is 688. The summed E-state index contributed by atoms with van der Waals surface area (Å²) in [5.74, 6) is -0.294. The van der Waals surface area contributed by atoms with E-state index in [4.69, 9.17) is 4.52 Å². The number of amides is 1. The number of rotatable bonds is 2. The molecular formula is C14H12N2O3. The van der Waals surface area contributed by atoms with Gasteiger partial charge in [0.25, 0.3) is 11.7 Å². The summed E-state index contributed by atoms with van der Waals surface area (Å²) in [5, 5.41) is 3.85. The number of ketones is 1. The first-order chi connectivity index (χ1) is 9.06. The average Bonchev–Trinajstić information content (AvgIpc) is 2.88. The molecule has 96 valence electrons. The number of hydrogen-bond acceptors (Lipinski definition) is 4. The molecule has 3 rings (SSSR count). The van der Waals surface area contributed by atoms with Crippen molar-refractivity contribution in [1.29, 1.82) is 0 Å². The number of fused-ring (bicyclic) bond motifs is 1. The van der Waals surface area contributed by atoms with Crippen LogP contribution in [0.15, 0.2) is 28.8 Å². The van der Waals surface area contributed by atoms with Crippen molar-refractivity contribution in [1.82, 2.24) is 5.16 Å². The fourth-order valence-corrected chi connectivity index (χ4v) is 2.23. The van der Waals surface area contributed by atoms with E-state index >= 15 is 0 Å². The van der Waals surface area contributed by atoms with Crippen molar-refractivity contribution >= 4 is 17.4 Å². The van der Waals surface area contributed by atoms with Crippen LogP contribution in [0.4, 0.5) is 5.69 Å². The minimum absolute atomic E-state index is 0.248. The second kappa shape index (κ2) is 4.05. The lowest BCUT2D eigenvalue weighted by Gasteiger charge is -2.14. The van der Waals surface area contributed by atoms with Crippen LogP contribution in [-0.4, -0.2) is 16.8 Å². The molecule has 0 aliphatic carbocycles. The summed E-state index contributed by atoms with van der Waals surface area (Å²) in [6.45, 7) is 3.92. The van der Waals surface area contributed by atoms with Gasteiger partial charge in [-0.2, -0.15) is 0 Å². The van der Waals surface area contributed by atoms with Crippen molar-refractivity contribution in [2.45, 2.75) is 20.4 Å². The monoisotopic (exact) mass is 256 g/mol. The zero-order valence-corrected chi connectivity index (χ0v) is 10.6. The first-order valence-corrected chi connectivity index (χ1v) is 5.95. The lowest BCUT2D eigenvalue weighted by atomic mass is 10.1. The van der Waals surface area contributed by atoms with Crippen LogP contribution in [0, 0.1) is 13.8 Å². The molecule has 0 spiro atoms. The van der Waals surface area contributed by atoms with Gasteiger partial charge in [0.05, 0.1) is 17.8 Å². The van der Waals surface area contributed by atoms with Crippen LogP contribution in [0.3, 0.4) is 0 Å². The molecule has 0 saturated carbocycles. The van der Waals surface area contributed by atoms with Gasteiger partial charge < -0.3 is 4.52 Å². The summed E-state index contributed by atoms with van der Waals surface area (Å²) < 4.78 is 4.97. The summed E-state index contributed by atoms with van der Waals surface area (Å²) in [4.78, 5) is 25.4. The van der Waals surface area contributed by atoms with Gasteiger partial charge in [0, 0.05) is 6.07 Å². The van der Waals surface area contributed by atoms with Gasteiger partial charge in [-0.1, -0.05) is 16.8 Å². The van der Waals surface area contributed by atoms with E-state index < -0.39 is 11.7 Å². The van der Waals surface area contributed by atoms with Crippen LogP contribution in [0.25, 0.3) is 0 Å². The van der Waals surface area contributed by atoms with Crippen molar-refractivity contribution in [2.75, 3.05) is 4.90 Å². The molecule has 0 radical (unpaired) electrons. The maximum Gasteiger partial charge on any atom is 0.299 e. The number of anilines is 1. The summed E-state index contributed by atoms with van der Waals surface area (Å²) in [5.41, 5.74) is 2.69. The van der Waals surface area contributed by atoms with E-state index in [9.17, 15) is 9.59 Å². The standard InChI is InChI=1S/C14H12N2O3/c1-8-3-4-12-11(5-8)13(17)14(18)16(12)7-10-6-9(2)19-15-10/h3-6H,7H2,1-2H3. The molecule has 19 heavy (non-hydrogen) atoms. The molecule has 0 unspecified atom stereocenters. The molecule has 1 aromatic carbocycles. The SMILES string of the molecule is Cc1ccc2c(c1)C(=O)C(=O)N2Cc1cc(C)on1. The van der Waals surface area contributed by atoms with E-state index in [1.807, 2.05) is 13.0 Å². The van der Waals surface area contributed by atoms with Gasteiger partial charge in [-0.05, 0) is 26.0 Å². The molecule has 2 aromatic rings. The van der Waals surface area contributed by atoms with Crippen LogP contribution in [0.5, 0.6) is 0 Å². The largest absolute Gasteiger partial charge is 0.361 e. The molecule has 2 heterocycles. The summed E-state index contributed by atoms with van der Waals surface area (Å²) in [7, 11) is 0. The van der Waals surface area contributed by atoms with Crippen molar-refractivity contribution in [3.8, 4) is 0 Å². The van der Waals surface area contributed by atoms with E-state index in [0.29, 0.717) is 22.7 Å². The number of benzene rings is 1. The first kappa shape index (κ1) is 11.6. The molecule has 0 bridgehead atoms. The zero-order chi connectivity index (χ0) is 13.6. The molecule has 1 aromatic heterocycles. The number of aromatic nitrogens is 1. The number of Topliss-reactive ketones (excluding diaryl/α,β-unsaturated/α-hetero) is 1. The third-order valence-corrected chi connectivity index (χ3v) is 3.12. The second-order valence-corrected chi connectivity index (χ2v) is 4.67. The van der Waals surface area contributed by atoms with E-state index in [1.54, 1.807) is 25.1 Å². The van der Waals surface area contributed by atoms with Gasteiger partial charge >= 0.3 is 0 Å². The van der Waals surface area contributed by atoms with Gasteiger partial charge in [-0.15, -0.1) is 0 Å². The van der Waals surface area contributed by atoms with Gasteiger partial charge in [0.2, 0.25) is 0 Å². The Morgan fingerprint density at radius 2 is 2.00 bits per heavy atom. The summed E-state index contributed by atoms with van der Waals surface area (Å²) in [6.07, 6.45) is 0. The lowest BCUT2D eigenvalue weighted by molar-refractivity contribution is -0.114. The Morgan fingerprint density at radius 1 is 1.21 bits per heavy atom. The maximum atomic E-state index is 12.0. The molecule has 5 nitrogen and oxygen atoms in total. The van der Waals surface area contributed by atoms with Crippen LogP contribution >= 0.6 is 0 Å². The maximum absolute atomic E-state index is 12.0. The molecule has 5 heteroatoms. The number of nitrogens with zero attached hydrogens (tertiary/aromatic N) is 2. The second-order valence-electron chi connectivity index (χ2n) is 4.67. The van der Waals surface area contributed by atoms with E-state index in [2.05, 4.69) is 5.16 Å². The highest BCUT2D eigenvalue weighted by atomic mass is 16.5. The zero-order valence-electron chi connectivity index (χ0n) is 10.6. The van der Waals surface area contributed by atoms with E-state index in [-0.39, 0.29) is 6.54 Å². The smallest absolute Gasteiger partial charge is 0.299 e. The number of carbonyl (C=O) groups excluding carboxylic acids is 2. The highest BCUT2D eigenvalue weighted by Crippen LogP contribution is 2.30. The molecule has 0 atom stereocenters. The molecule has 0 N–H and O–H groups in total. The summed E-state index contributed by atoms with van der Waals surface area (Å²) in [6, 6.07) is 7.17. The number of aryl methyl sites for hydroxylation is 2. The highest BCUT2D eigenvalue weighted by molar-refractivity contribution is 6.52. The van der Waals surface area contributed by atoms with Crippen LogP contribution in [0.1, 0.15) is 27.4 Å². The minimum Gasteiger partial charge on any atom is -0.361 e. The van der Waals surface area contributed by atoms with Crippen molar-refractivity contribution in [3.63, 3.8) is 0 Å². The molecule has 1 amide bonds. The third-order valence-electron chi connectivity index (χ3n) is 3.12. The fourth-order valence-electron chi connectivity index (χ4n) is 2.23. The van der Waals surface area contributed by atoms with Crippen LogP contribution in [-0.2, 0) is 11.3 Å². The van der Waals surface area contributed by atoms with Crippen molar-refractivity contribution in [2.24, 2.45) is 0 Å². The highest BCUT2D eigenvalue weighted by Gasteiger charge is 2.36. The molecular weight excluding hydrogens is 244 g/mol. The Morgan fingerprint density at radius 3 is 2.68 bits per heavy atom. The van der Waals surface area contributed by atoms with E-state index in [0.717, 1.165) is 5.56 Å². The minimum atomic E-state index is -0.513. The first-order valence-electron chi connectivity index (χ1n) is 5.95. The van der Waals surface area contributed by atoms with Gasteiger partial charge in [-0.3, -0.25) is 14.5 Å². The molecule has 0 fully saturated rings. The van der Waals surface area contributed by atoms with Gasteiger partial charge in [-0.25, -0.2) is 0 Å². The predicted molar refractivity (Wildman–Crippen MR) is 67.9 cm³/mol. The molecule has 0 saturated heterocycles. The van der Waals surface area contributed by atoms with Crippen molar-refractivity contribution in [3.05, 3.63) is 46.8 Å². The average molecular weight is 256 g/mol. The molecule has 1 aliphatic heterocycles. The van der Waals surface area contributed by atoms with Crippen LogP contribution < -0.4 is 4.90 Å². The predicted octanol–water partition coefficient (Wildman–Crippen LogP) is 2.02. The topological polar surface area (TPSA) is 63.4 Å². The molecule has 1 aliphatic rings. The third kappa shape index (κ3) is 1.83. The van der Waals surface area contributed by atoms with E-state index in [1.165, 1.54) is 4.90 Å². The summed E-state index contributed by atoms with van der Waals surface area (Å²) >= 11 is 0. The number of carbonyl (C=O) groups is 2. The van der Waals surface area contributed by atoms with Gasteiger partial charge in [0.1, 0.15) is 11.5 Å². The quantitative estimate of drug-likeness (QED) is 0.771. The Balaban J connectivity index is 1.99. The Hall–Kier alpha value is -2.43. The van der Waals surface area contributed by atoms with Gasteiger partial charge in [0.15, 0.2) is 0 Å².